The number of hydrogen-bond acceptors (Lipinski definition) is 5. The lowest BCUT2D eigenvalue weighted by atomic mass is 10.0. The van der Waals surface area contributed by atoms with Gasteiger partial charge in [-0.2, -0.15) is 0 Å². The quantitative estimate of drug-likeness (QED) is 0.747. The molecule has 0 saturated carbocycles. The molecule has 132 valence electrons. The number of carbonyl (C=O) groups is 2. The summed E-state index contributed by atoms with van der Waals surface area (Å²) in [7, 11) is -3.00. The maximum absolute atomic E-state index is 13.0. The average molecular weight is 375 g/mol. The van der Waals surface area contributed by atoms with E-state index in [0.29, 0.717) is 12.0 Å². The van der Waals surface area contributed by atoms with E-state index in [2.05, 4.69) is 5.32 Å². The van der Waals surface area contributed by atoms with Gasteiger partial charge in [0.2, 0.25) is 5.91 Å². The zero-order valence-corrected chi connectivity index (χ0v) is 14.4. The van der Waals surface area contributed by atoms with Gasteiger partial charge in [0.1, 0.15) is 5.82 Å². The van der Waals surface area contributed by atoms with Crippen LogP contribution in [-0.2, 0) is 19.4 Å². The summed E-state index contributed by atoms with van der Waals surface area (Å²) in [4.78, 5) is 23.0. The second kappa shape index (κ2) is 7.98. The van der Waals surface area contributed by atoms with Crippen molar-refractivity contribution in [3.63, 3.8) is 0 Å². The normalized spacial score (nSPS) is 20.5. The van der Waals surface area contributed by atoms with Crippen molar-refractivity contribution in [2.75, 3.05) is 17.3 Å². The van der Waals surface area contributed by atoms with Gasteiger partial charge >= 0.3 is 5.97 Å². The van der Waals surface area contributed by atoms with Crippen molar-refractivity contribution in [2.24, 2.45) is 0 Å². The first-order chi connectivity index (χ1) is 11.2. The molecule has 0 aliphatic carbocycles. The number of carbonyl (C=O) groups excluding carboxylic acids is 1. The number of hydrogen-bond donors (Lipinski definition) is 2. The Bertz CT molecular complexity index is 705. The van der Waals surface area contributed by atoms with E-state index in [9.17, 15) is 22.4 Å². The first kappa shape index (κ1) is 18.7. The van der Waals surface area contributed by atoms with Gasteiger partial charge in [-0.25, -0.2) is 12.8 Å². The third-order valence-electron chi connectivity index (χ3n) is 3.63. The molecule has 1 aromatic carbocycles. The summed E-state index contributed by atoms with van der Waals surface area (Å²) < 4.78 is 35.8. The van der Waals surface area contributed by atoms with Gasteiger partial charge in [0.25, 0.3) is 0 Å². The van der Waals surface area contributed by atoms with Crippen LogP contribution in [0.5, 0.6) is 0 Å². The highest BCUT2D eigenvalue weighted by molar-refractivity contribution is 8.02. The fraction of sp³-hybridized carbons (Fsp3) is 0.467. The number of carboxylic acid groups (broad SMARTS) is 1. The van der Waals surface area contributed by atoms with Crippen LogP contribution in [0.1, 0.15) is 24.4 Å². The number of sulfone groups is 1. The van der Waals surface area contributed by atoms with Gasteiger partial charge in [0, 0.05) is 5.25 Å². The molecule has 0 aromatic heterocycles. The standard InChI is InChI=1S/C15H18FNO5S2/c16-11-3-1-10(2-4-11)13(7-15(19)20)17-14(18)8-23-12-5-6-24(21,22)9-12/h1-4,12-13H,5-9H2,(H,17,18)(H,19,20). The average Bonchev–Trinajstić information content (AvgIpc) is 2.84. The second-order valence-corrected chi connectivity index (χ2v) is 9.12. The molecule has 0 spiro atoms. The molecule has 2 N–H and O–H groups in total. The number of thioether (sulfide) groups is 1. The molecule has 9 heteroatoms. The van der Waals surface area contributed by atoms with E-state index >= 15 is 0 Å². The summed E-state index contributed by atoms with van der Waals surface area (Å²) >= 11 is 1.25. The smallest absolute Gasteiger partial charge is 0.305 e. The number of rotatable bonds is 7. The molecule has 0 radical (unpaired) electrons. The number of carboxylic acids is 1. The maximum Gasteiger partial charge on any atom is 0.305 e. The molecular weight excluding hydrogens is 357 g/mol. The summed E-state index contributed by atoms with van der Waals surface area (Å²) in [5.41, 5.74) is 0.501. The van der Waals surface area contributed by atoms with Crippen molar-refractivity contribution >= 4 is 33.5 Å². The number of nitrogens with one attached hydrogen (secondary N) is 1. The minimum atomic E-state index is -3.00. The second-order valence-electron chi connectivity index (χ2n) is 5.61. The van der Waals surface area contributed by atoms with Gasteiger partial charge in [0.05, 0.1) is 29.7 Å². The van der Waals surface area contributed by atoms with E-state index in [1.165, 1.54) is 36.0 Å². The van der Waals surface area contributed by atoms with Crippen molar-refractivity contribution < 1.29 is 27.5 Å². The topological polar surface area (TPSA) is 101 Å². The van der Waals surface area contributed by atoms with Crippen molar-refractivity contribution in [3.8, 4) is 0 Å². The van der Waals surface area contributed by atoms with Gasteiger partial charge in [-0.1, -0.05) is 12.1 Å². The fourth-order valence-electron chi connectivity index (χ4n) is 2.44. The van der Waals surface area contributed by atoms with Crippen molar-refractivity contribution in [2.45, 2.75) is 24.1 Å². The Labute approximate surface area is 143 Å². The molecule has 24 heavy (non-hydrogen) atoms. The van der Waals surface area contributed by atoms with Gasteiger partial charge in [0.15, 0.2) is 9.84 Å². The van der Waals surface area contributed by atoms with Crippen LogP contribution < -0.4 is 5.32 Å². The van der Waals surface area contributed by atoms with Crippen LogP contribution in [0.3, 0.4) is 0 Å². The van der Waals surface area contributed by atoms with Crippen molar-refractivity contribution in [3.05, 3.63) is 35.6 Å². The first-order valence-corrected chi connectivity index (χ1v) is 10.2. The van der Waals surface area contributed by atoms with Crippen LogP contribution in [0.4, 0.5) is 4.39 Å². The minimum Gasteiger partial charge on any atom is -0.481 e. The Hall–Kier alpha value is -1.61. The van der Waals surface area contributed by atoms with Gasteiger partial charge in [-0.3, -0.25) is 9.59 Å². The molecule has 2 atom stereocenters. The molecule has 6 nitrogen and oxygen atoms in total. The Morgan fingerprint density at radius 2 is 2.00 bits per heavy atom. The van der Waals surface area contributed by atoms with Crippen LogP contribution in [0.25, 0.3) is 0 Å². The van der Waals surface area contributed by atoms with Gasteiger partial charge in [-0.05, 0) is 24.1 Å². The zero-order chi connectivity index (χ0) is 17.7. The zero-order valence-electron chi connectivity index (χ0n) is 12.8. The first-order valence-electron chi connectivity index (χ1n) is 7.34. The van der Waals surface area contributed by atoms with E-state index < -0.39 is 27.7 Å². The third-order valence-corrected chi connectivity index (χ3v) is 6.91. The van der Waals surface area contributed by atoms with E-state index in [1.54, 1.807) is 0 Å². The molecular formula is C15H18FNO5S2. The highest BCUT2D eigenvalue weighted by atomic mass is 32.2. The summed E-state index contributed by atoms with van der Waals surface area (Å²) in [6.45, 7) is 0. The predicted molar refractivity (Wildman–Crippen MR) is 89.1 cm³/mol. The predicted octanol–water partition coefficient (Wildman–Crippen LogP) is 1.38. The third kappa shape index (κ3) is 5.79. The Morgan fingerprint density at radius 1 is 1.33 bits per heavy atom. The minimum absolute atomic E-state index is 0.0531. The monoisotopic (exact) mass is 375 g/mol. The lowest BCUT2D eigenvalue weighted by Gasteiger charge is -2.18. The SMILES string of the molecule is O=C(O)CC(NC(=O)CSC1CCS(=O)(=O)C1)c1ccc(F)cc1. The molecule has 2 unspecified atom stereocenters. The van der Waals surface area contributed by atoms with E-state index in [0.717, 1.165) is 0 Å². The van der Waals surface area contributed by atoms with Crippen LogP contribution >= 0.6 is 11.8 Å². The Kier molecular flexibility index (Phi) is 6.22. The number of aliphatic carboxylic acids is 1. The molecule has 2 rings (SSSR count). The van der Waals surface area contributed by atoms with Crippen LogP contribution in [0, 0.1) is 5.82 Å². The largest absolute Gasteiger partial charge is 0.481 e. The van der Waals surface area contributed by atoms with Crippen molar-refractivity contribution in [1.29, 1.82) is 0 Å². The van der Waals surface area contributed by atoms with E-state index in [-0.39, 0.29) is 34.8 Å². The molecule has 1 aliphatic rings. The highest BCUT2D eigenvalue weighted by Crippen LogP contribution is 2.24. The summed E-state index contributed by atoms with van der Waals surface area (Å²) in [6.07, 6.45) is 0.205. The van der Waals surface area contributed by atoms with Crippen molar-refractivity contribution in [1.82, 2.24) is 5.32 Å². The van der Waals surface area contributed by atoms with Crippen LogP contribution in [-0.4, -0.2) is 47.9 Å². The van der Waals surface area contributed by atoms with Gasteiger partial charge in [-0.15, -0.1) is 11.8 Å². The Morgan fingerprint density at radius 3 is 2.54 bits per heavy atom. The molecule has 1 amide bonds. The van der Waals surface area contributed by atoms with E-state index in [1.807, 2.05) is 0 Å². The lowest BCUT2D eigenvalue weighted by molar-refractivity contribution is -0.137. The van der Waals surface area contributed by atoms with Crippen LogP contribution in [0.2, 0.25) is 0 Å². The lowest BCUT2D eigenvalue weighted by Crippen LogP contribution is -2.32. The van der Waals surface area contributed by atoms with Gasteiger partial charge < -0.3 is 10.4 Å². The summed E-state index contributed by atoms with van der Waals surface area (Å²) in [5, 5.41) is 11.5. The molecule has 0 bridgehead atoms. The maximum atomic E-state index is 13.0. The molecule has 1 aliphatic heterocycles. The fourth-order valence-corrected chi connectivity index (χ4v) is 5.90. The van der Waals surface area contributed by atoms with E-state index in [4.69, 9.17) is 5.11 Å². The highest BCUT2D eigenvalue weighted by Gasteiger charge is 2.29. The number of amides is 1. The molecule has 1 heterocycles. The summed E-state index contributed by atoms with van der Waals surface area (Å²) in [5.74, 6) is -1.64. The number of halogens is 1. The molecule has 1 fully saturated rings. The molecule has 1 saturated heterocycles. The number of benzene rings is 1. The molecule has 1 aromatic rings. The Balaban J connectivity index is 1.92. The van der Waals surface area contributed by atoms with Crippen LogP contribution in [0.15, 0.2) is 24.3 Å². The summed E-state index contributed by atoms with van der Waals surface area (Å²) in [6, 6.07) is 4.51.